The average Bonchev–Trinajstić information content (AvgIpc) is 3.11. The van der Waals surface area contributed by atoms with Crippen LogP contribution < -0.4 is 0 Å². The number of halogens is 1. The largest absolute Gasteiger partial charge is 0.212 e. The second-order valence-electron chi connectivity index (χ2n) is 6.02. The molecule has 0 amide bonds. The van der Waals surface area contributed by atoms with E-state index in [9.17, 15) is 0 Å². The number of nitrogens with zero attached hydrogens (tertiary/aromatic N) is 4. The molecule has 0 unspecified atom stereocenters. The van der Waals surface area contributed by atoms with Crippen molar-refractivity contribution in [1.29, 1.82) is 0 Å². The molecule has 26 heavy (non-hydrogen) atoms. The van der Waals surface area contributed by atoms with Crippen LogP contribution in [0.25, 0.3) is 22.2 Å². The Morgan fingerprint density at radius 1 is 0.846 bits per heavy atom. The molecular weight excluding hydrogens is 408 g/mol. The lowest BCUT2D eigenvalue weighted by molar-refractivity contribution is 0.762. The van der Waals surface area contributed by atoms with Gasteiger partial charge >= 0.3 is 0 Å². The molecule has 0 atom stereocenters. The van der Waals surface area contributed by atoms with Gasteiger partial charge in [0, 0.05) is 15.8 Å². The first-order chi connectivity index (χ1) is 12.8. The highest BCUT2D eigenvalue weighted by Crippen LogP contribution is 2.30. The van der Waals surface area contributed by atoms with Gasteiger partial charge in [-0.1, -0.05) is 76.2 Å². The van der Waals surface area contributed by atoms with E-state index in [-0.39, 0.29) is 0 Å². The summed E-state index contributed by atoms with van der Waals surface area (Å²) in [5.41, 5.74) is 3.16. The second kappa shape index (κ2) is 6.37. The van der Waals surface area contributed by atoms with E-state index in [4.69, 9.17) is 5.10 Å². The van der Waals surface area contributed by atoms with Gasteiger partial charge in [0.2, 0.25) is 5.16 Å². The smallest absolute Gasteiger partial charge is 0.187 e. The van der Waals surface area contributed by atoms with Gasteiger partial charge in [0.1, 0.15) is 0 Å². The summed E-state index contributed by atoms with van der Waals surface area (Å²) in [6, 6.07) is 22.9. The van der Waals surface area contributed by atoms with E-state index in [1.54, 1.807) is 11.8 Å². The third-order valence-corrected chi connectivity index (χ3v) is 5.82. The lowest BCUT2D eigenvalue weighted by Crippen LogP contribution is -2.13. The van der Waals surface area contributed by atoms with Crippen molar-refractivity contribution in [2.24, 2.45) is 5.10 Å². The molecule has 1 aromatic heterocycles. The molecule has 126 valence electrons. The van der Waals surface area contributed by atoms with Crippen LogP contribution in [0.2, 0.25) is 0 Å². The van der Waals surface area contributed by atoms with Crippen molar-refractivity contribution in [3.05, 3.63) is 76.8 Å². The van der Waals surface area contributed by atoms with Crippen molar-refractivity contribution in [2.45, 2.75) is 5.16 Å². The number of hydrogen-bond acceptors (Lipinski definition) is 4. The molecule has 1 aliphatic rings. The predicted molar refractivity (Wildman–Crippen MR) is 110 cm³/mol. The summed E-state index contributed by atoms with van der Waals surface area (Å²) in [5, 5.41) is 16.8. The minimum absolute atomic E-state index is 0.771. The summed E-state index contributed by atoms with van der Waals surface area (Å²) >= 11 is 5.14. The fourth-order valence-electron chi connectivity index (χ4n) is 3.02. The van der Waals surface area contributed by atoms with Gasteiger partial charge in [-0.3, -0.25) is 0 Å². The van der Waals surface area contributed by atoms with Crippen molar-refractivity contribution in [3.8, 4) is 11.4 Å². The zero-order valence-corrected chi connectivity index (χ0v) is 16.0. The van der Waals surface area contributed by atoms with Gasteiger partial charge in [0.25, 0.3) is 0 Å². The van der Waals surface area contributed by atoms with Gasteiger partial charge in [-0.25, -0.2) is 0 Å². The number of hydrogen-bond donors (Lipinski definition) is 0. The fourth-order valence-corrected chi connectivity index (χ4v) is 4.12. The highest BCUT2D eigenvalue weighted by molar-refractivity contribution is 9.10. The van der Waals surface area contributed by atoms with Crippen LogP contribution in [0.4, 0.5) is 0 Å². The molecule has 0 N–H and O–H groups in total. The van der Waals surface area contributed by atoms with Gasteiger partial charge in [-0.05, 0) is 34.5 Å². The Hall–Kier alpha value is -2.44. The highest BCUT2D eigenvalue weighted by Gasteiger charge is 2.20. The van der Waals surface area contributed by atoms with Gasteiger partial charge < -0.3 is 0 Å². The third-order valence-electron chi connectivity index (χ3n) is 4.36. The van der Waals surface area contributed by atoms with Crippen LogP contribution in [-0.2, 0) is 0 Å². The Bertz CT molecular complexity index is 1150. The first-order valence-corrected chi connectivity index (χ1v) is 9.97. The van der Waals surface area contributed by atoms with Crippen molar-refractivity contribution in [3.63, 3.8) is 0 Å². The van der Waals surface area contributed by atoms with Gasteiger partial charge in [0.15, 0.2) is 5.82 Å². The summed E-state index contributed by atoms with van der Waals surface area (Å²) < 4.78 is 2.92. The van der Waals surface area contributed by atoms with Gasteiger partial charge in [-0.2, -0.15) is 9.78 Å². The van der Waals surface area contributed by atoms with E-state index < -0.39 is 0 Å². The van der Waals surface area contributed by atoms with Crippen LogP contribution in [0.1, 0.15) is 5.56 Å². The number of rotatable bonds is 2. The first kappa shape index (κ1) is 15.8. The normalized spacial score (nSPS) is 13.5. The molecule has 0 spiro atoms. The second-order valence-corrected chi connectivity index (χ2v) is 7.88. The maximum atomic E-state index is 4.83. The van der Waals surface area contributed by atoms with E-state index in [2.05, 4.69) is 68.6 Å². The van der Waals surface area contributed by atoms with Gasteiger partial charge in [0.05, 0.1) is 5.71 Å². The molecule has 0 saturated carbocycles. The Balaban J connectivity index is 1.61. The highest BCUT2D eigenvalue weighted by atomic mass is 79.9. The van der Waals surface area contributed by atoms with Crippen LogP contribution >= 0.6 is 27.7 Å². The zero-order chi connectivity index (χ0) is 17.5. The quantitative estimate of drug-likeness (QED) is 0.446. The average molecular weight is 421 g/mol. The Labute approximate surface area is 163 Å². The molecule has 4 aromatic rings. The maximum absolute atomic E-state index is 4.83. The molecule has 0 fully saturated rings. The van der Waals surface area contributed by atoms with E-state index in [0.29, 0.717) is 0 Å². The molecule has 0 aliphatic carbocycles. The summed E-state index contributed by atoms with van der Waals surface area (Å²) in [6.45, 7) is 0. The van der Waals surface area contributed by atoms with Crippen LogP contribution in [-0.4, -0.2) is 26.3 Å². The SMILES string of the molecule is Brc1ccc(C2=Nn3c(nnc3-c3ccc4ccccc4c3)SC2)cc1. The molecule has 6 heteroatoms. The molecule has 0 radical (unpaired) electrons. The number of fused-ring (bicyclic) bond motifs is 2. The topological polar surface area (TPSA) is 43.1 Å². The summed E-state index contributed by atoms with van der Waals surface area (Å²) in [4.78, 5) is 0. The molecular formula is C20H13BrN4S. The van der Waals surface area contributed by atoms with Crippen LogP contribution in [0.15, 0.2) is 81.5 Å². The van der Waals surface area contributed by atoms with Crippen LogP contribution in [0, 0.1) is 0 Å². The fraction of sp³-hybridized carbons (Fsp3) is 0.0500. The molecule has 5 rings (SSSR count). The standard InChI is InChI=1S/C20H13BrN4S/c21-17-9-7-14(8-10-17)18-12-26-20-23-22-19(25(20)24-18)16-6-5-13-3-1-2-4-15(13)11-16/h1-11H,12H2. The third kappa shape index (κ3) is 2.75. The summed E-state index contributed by atoms with van der Waals surface area (Å²) in [6.07, 6.45) is 0. The number of aromatic nitrogens is 3. The van der Waals surface area contributed by atoms with E-state index in [1.807, 2.05) is 28.9 Å². The molecule has 0 bridgehead atoms. The van der Waals surface area contributed by atoms with Crippen molar-refractivity contribution < 1.29 is 0 Å². The predicted octanol–water partition coefficient (Wildman–Crippen LogP) is 5.22. The van der Waals surface area contributed by atoms with Crippen molar-refractivity contribution in [2.75, 3.05) is 5.75 Å². The Kier molecular flexibility index (Phi) is 3.87. The Morgan fingerprint density at radius 2 is 1.62 bits per heavy atom. The summed E-state index contributed by atoms with van der Waals surface area (Å²) in [7, 11) is 0. The number of thioether (sulfide) groups is 1. The lowest BCUT2D eigenvalue weighted by Gasteiger charge is -2.14. The van der Waals surface area contributed by atoms with E-state index in [1.165, 1.54) is 10.8 Å². The monoisotopic (exact) mass is 420 g/mol. The van der Waals surface area contributed by atoms with Crippen molar-refractivity contribution >= 4 is 44.2 Å². The summed E-state index contributed by atoms with van der Waals surface area (Å²) in [5.74, 6) is 1.56. The van der Waals surface area contributed by atoms with Crippen molar-refractivity contribution in [1.82, 2.24) is 14.9 Å². The van der Waals surface area contributed by atoms with Crippen LogP contribution in [0.5, 0.6) is 0 Å². The molecule has 4 nitrogen and oxygen atoms in total. The zero-order valence-electron chi connectivity index (χ0n) is 13.6. The Morgan fingerprint density at radius 3 is 2.46 bits per heavy atom. The maximum Gasteiger partial charge on any atom is 0.212 e. The molecule has 0 saturated heterocycles. The van der Waals surface area contributed by atoms with E-state index >= 15 is 0 Å². The molecule has 3 aromatic carbocycles. The minimum Gasteiger partial charge on any atom is -0.187 e. The minimum atomic E-state index is 0.771. The molecule has 1 aliphatic heterocycles. The lowest BCUT2D eigenvalue weighted by atomic mass is 10.1. The molecule has 2 heterocycles. The van der Waals surface area contributed by atoms with Crippen LogP contribution in [0.3, 0.4) is 0 Å². The van der Waals surface area contributed by atoms with E-state index in [0.717, 1.165) is 38.0 Å². The van der Waals surface area contributed by atoms with Gasteiger partial charge in [-0.15, -0.1) is 10.2 Å². The number of benzene rings is 3. The first-order valence-electron chi connectivity index (χ1n) is 8.19.